The van der Waals surface area contributed by atoms with Crippen LogP contribution in [0.4, 0.5) is 18.9 Å². The number of benzene rings is 1. The van der Waals surface area contributed by atoms with Gasteiger partial charge >= 0.3 is 12.1 Å². The minimum absolute atomic E-state index is 0.149. The second-order valence-corrected chi connectivity index (χ2v) is 5.67. The predicted molar refractivity (Wildman–Crippen MR) is 76.7 cm³/mol. The Morgan fingerprint density at radius 1 is 1.35 bits per heavy atom. The van der Waals surface area contributed by atoms with Gasteiger partial charge in [0.2, 0.25) is 5.91 Å². The van der Waals surface area contributed by atoms with Crippen molar-refractivity contribution in [2.75, 3.05) is 18.4 Å². The van der Waals surface area contributed by atoms with Gasteiger partial charge in [0, 0.05) is 32.2 Å². The fourth-order valence-electron chi connectivity index (χ4n) is 2.81. The number of likely N-dealkylation sites (tertiary alicyclic amines) is 1. The van der Waals surface area contributed by atoms with Crippen LogP contribution in [0.25, 0.3) is 0 Å². The zero-order chi connectivity index (χ0) is 17.2. The monoisotopic (exact) mass is 330 g/mol. The van der Waals surface area contributed by atoms with Gasteiger partial charge in [-0.1, -0.05) is 12.1 Å². The molecule has 1 saturated heterocycles. The maximum atomic E-state index is 13.0. The normalized spacial score (nSPS) is 22.1. The summed E-state index contributed by atoms with van der Waals surface area (Å²) in [5.41, 5.74) is 1.26. The first kappa shape index (κ1) is 17.3. The summed E-state index contributed by atoms with van der Waals surface area (Å²) in [6, 6.07) is 6.75. The Labute approximate surface area is 131 Å². The van der Waals surface area contributed by atoms with Gasteiger partial charge in [-0.15, -0.1) is 0 Å². The number of hydrogen-bond acceptors (Lipinski definition) is 3. The number of anilines is 1. The van der Waals surface area contributed by atoms with Crippen molar-refractivity contribution >= 4 is 17.6 Å². The van der Waals surface area contributed by atoms with Crippen molar-refractivity contribution in [1.82, 2.24) is 4.90 Å². The third kappa shape index (κ3) is 4.44. The van der Waals surface area contributed by atoms with E-state index in [4.69, 9.17) is 5.11 Å². The zero-order valence-corrected chi connectivity index (χ0v) is 12.4. The molecule has 8 heteroatoms. The predicted octanol–water partition coefficient (Wildman–Crippen LogP) is 2.34. The molecule has 0 aromatic heterocycles. The van der Waals surface area contributed by atoms with Crippen LogP contribution in [0, 0.1) is 11.8 Å². The molecule has 1 amide bonds. The van der Waals surface area contributed by atoms with Gasteiger partial charge in [0.15, 0.2) is 0 Å². The highest BCUT2D eigenvalue weighted by Crippen LogP contribution is 2.38. The van der Waals surface area contributed by atoms with Crippen molar-refractivity contribution < 1.29 is 27.9 Å². The first-order valence-corrected chi connectivity index (χ1v) is 7.05. The number of nitrogens with one attached hydrogen (secondary N) is 1. The van der Waals surface area contributed by atoms with E-state index in [1.165, 1.54) is 11.8 Å². The molecule has 0 spiro atoms. The van der Waals surface area contributed by atoms with Gasteiger partial charge in [-0.3, -0.25) is 14.5 Å². The number of carboxylic acids is 1. The summed E-state index contributed by atoms with van der Waals surface area (Å²) in [5, 5.41) is 11.6. The van der Waals surface area contributed by atoms with Gasteiger partial charge in [0.05, 0.1) is 11.8 Å². The molecule has 2 rings (SSSR count). The summed E-state index contributed by atoms with van der Waals surface area (Å²) in [5.74, 6) is -4.99. The molecule has 1 aromatic rings. The number of hydrogen-bond donors (Lipinski definition) is 2. The van der Waals surface area contributed by atoms with E-state index in [0.29, 0.717) is 11.3 Å². The summed E-state index contributed by atoms with van der Waals surface area (Å²) in [7, 11) is 0. The van der Waals surface area contributed by atoms with Gasteiger partial charge in [-0.25, -0.2) is 0 Å². The van der Waals surface area contributed by atoms with Crippen LogP contribution < -0.4 is 5.32 Å². The Balaban J connectivity index is 2.09. The second kappa shape index (κ2) is 6.57. The highest BCUT2D eigenvalue weighted by molar-refractivity contribution is 5.88. The van der Waals surface area contributed by atoms with E-state index in [1.807, 2.05) is 0 Å². The number of halogens is 3. The van der Waals surface area contributed by atoms with Crippen LogP contribution >= 0.6 is 0 Å². The second-order valence-electron chi connectivity index (χ2n) is 5.67. The van der Waals surface area contributed by atoms with Crippen LogP contribution in [-0.2, 0) is 16.1 Å². The molecule has 1 aliphatic heterocycles. The Bertz CT molecular complexity index is 604. The maximum Gasteiger partial charge on any atom is 0.393 e. The van der Waals surface area contributed by atoms with E-state index < -0.39 is 24.0 Å². The quantitative estimate of drug-likeness (QED) is 0.889. The summed E-state index contributed by atoms with van der Waals surface area (Å²) >= 11 is 0. The van der Waals surface area contributed by atoms with E-state index in [-0.39, 0.29) is 25.5 Å². The highest BCUT2D eigenvalue weighted by Gasteiger charge is 2.52. The molecule has 1 aromatic carbocycles. The van der Waals surface area contributed by atoms with E-state index in [0.717, 1.165) is 0 Å². The smallest absolute Gasteiger partial charge is 0.393 e. The average molecular weight is 330 g/mol. The third-order valence-corrected chi connectivity index (χ3v) is 3.79. The molecular weight excluding hydrogens is 313 g/mol. The van der Waals surface area contributed by atoms with Gasteiger partial charge in [0.25, 0.3) is 0 Å². The Hall–Kier alpha value is -2.09. The Morgan fingerprint density at radius 3 is 2.57 bits per heavy atom. The maximum absolute atomic E-state index is 13.0. The summed E-state index contributed by atoms with van der Waals surface area (Å²) in [6.45, 7) is 1.07. The van der Waals surface area contributed by atoms with Crippen LogP contribution in [-0.4, -0.2) is 41.1 Å². The summed E-state index contributed by atoms with van der Waals surface area (Å²) in [4.78, 5) is 23.6. The van der Waals surface area contributed by atoms with E-state index in [9.17, 15) is 22.8 Å². The molecule has 0 radical (unpaired) electrons. The molecule has 0 aliphatic carbocycles. The SMILES string of the molecule is CC(=O)Nc1cccc(CN2C[C@@H](C(F)(F)F)[C@H](C(=O)O)C2)c1. The largest absolute Gasteiger partial charge is 0.481 e. The fraction of sp³-hybridized carbons (Fsp3) is 0.467. The standard InChI is InChI=1S/C15H17F3N2O3/c1-9(21)19-11-4-2-3-10(5-11)6-20-7-12(14(22)23)13(8-20)15(16,17)18/h2-5,12-13H,6-8H2,1H3,(H,19,21)(H,22,23)/t12-,13-/m1/s1. The number of carbonyl (C=O) groups is 2. The molecule has 2 atom stereocenters. The summed E-state index contributed by atoms with van der Waals surface area (Å²) < 4.78 is 38.9. The van der Waals surface area contributed by atoms with E-state index in [2.05, 4.69) is 5.32 Å². The van der Waals surface area contributed by atoms with Gasteiger partial charge in [-0.2, -0.15) is 13.2 Å². The molecule has 1 heterocycles. The molecule has 0 saturated carbocycles. The number of amides is 1. The molecule has 126 valence electrons. The lowest BCUT2D eigenvalue weighted by Crippen LogP contribution is -2.33. The van der Waals surface area contributed by atoms with Gasteiger partial charge in [0.1, 0.15) is 0 Å². The Kier molecular flexibility index (Phi) is 4.93. The van der Waals surface area contributed by atoms with Crippen LogP contribution in [0.5, 0.6) is 0 Å². The molecule has 2 N–H and O–H groups in total. The summed E-state index contributed by atoms with van der Waals surface area (Å²) in [6.07, 6.45) is -4.53. The minimum Gasteiger partial charge on any atom is -0.481 e. The number of carboxylic acid groups (broad SMARTS) is 1. The number of aliphatic carboxylic acids is 1. The van der Waals surface area contributed by atoms with Crippen molar-refractivity contribution in [3.8, 4) is 0 Å². The van der Waals surface area contributed by atoms with Crippen LogP contribution in [0.1, 0.15) is 12.5 Å². The highest BCUT2D eigenvalue weighted by atomic mass is 19.4. The third-order valence-electron chi connectivity index (χ3n) is 3.79. The fourth-order valence-corrected chi connectivity index (χ4v) is 2.81. The number of rotatable bonds is 4. The topological polar surface area (TPSA) is 69.6 Å². The first-order valence-electron chi connectivity index (χ1n) is 7.05. The van der Waals surface area contributed by atoms with Gasteiger partial charge < -0.3 is 10.4 Å². The molecule has 5 nitrogen and oxygen atoms in total. The van der Waals surface area contributed by atoms with E-state index >= 15 is 0 Å². The average Bonchev–Trinajstić information content (AvgIpc) is 2.82. The lowest BCUT2D eigenvalue weighted by atomic mass is 9.96. The van der Waals surface area contributed by atoms with Crippen molar-refractivity contribution in [3.63, 3.8) is 0 Å². The van der Waals surface area contributed by atoms with Crippen molar-refractivity contribution in [2.45, 2.75) is 19.6 Å². The number of carbonyl (C=O) groups excluding carboxylic acids is 1. The number of nitrogens with zero attached hydrogens (tertiary/aromatic N) is 1. The van der Waals surface area contributed by atoms with Crippen LogP contribution in [0.15, 0.2) is 24.3 Å². The first-order chi connectivity index (χ1) is 10.7. The lowest BCUT2D eigenvalue weighted by molar-refractivity contribution is -0.188. The molecule has 1 fully saturated rings. The number of alkyl halides is 3. The van der Waals surface area contributed by atoms with Crippen molar-refractivity contribution in [2.24, 2.45) is 11.8 Å². The molecule has 0 bridgehead atoms. The van der Waals surface area contributed by atoms with Crippen LogP contribution in [0.3, 0.4) is 0 Å². The molecule has 1 aliphatic rings. The van der Waals surface area contributed by atoms with Crippen molar-refractivity contribution in [1.29, 1.82) is 0 Å². The lowest BCUT2D eigenvalue weighted by Gasteiger charge is -2.18. The van der Waals surface area contributed by atoms with Gasteiger partial charge in [-0.05, 0) is 17.7 Å². The zero-order valence-electron chi connectivity index (χ0n) is 12.4. The van der Waals surface area contributed by atoms with E-state index in [1.54, 1.807) is 24.3 Å². The minimum atomic E-state index is -4.53. The van der Waals surface area contributed by atoms with Crippen LogP contribution in [0.2, 0.25) is 0 Å². The molecule has 0 unspecified atom stereocenters. The molecular formula is C15H17F3N2O3. The Morgan fingerprint density at radius 2 is 2.04 bits per heavy atom. The van der Waals surface area contributed by atoms with Crippen molar-refractivity contribution in [3.05, 3.63) is 29.8 Å². The molecule has 23 heavy (non-hydrogen) atoms.